The second-order valence-electron chi connectivity index (χ2n) is 6.75. The van der Waals surface area contributed by atoms with Crippen LogP contribution in [0.15, 0.2) is 0 Å². The van der Waals surface area contributed by atoms with Crippen LogP contribution in [0.4, 0.5) is 0 Å². The Morgan fingerprint density at radius 2 is 1.50 bits per heavy atom. The summed E-state index contributed by atoms with van der Waals surface area (Å²) in [4.78, 5) is 0. The highest BCUT2D eigenvalue weighted by atomic mass is 16.5. The standard InChI is InChI=1S/C14H31NO/c1-13(2,3)9-11-16-10-7-6-8-14(4,5)12-15/h6-12,15H2,1-5H3. The third kappa shape index (κ3) is 10.4. The number of nitrogens with two attached hydrogens (primary N) is 1. The summed E-state index contributed by atoms with van der Waals surface area (Å²) in [6.07, 6.45) is 4.72. The van der Waals surface area contributed by atoms with Gasteiger partial charge in [-0.25, -0.2) is 0 Å². The summed E-state index contributed by atoms with van der Waals surface area (Å²) in [5.41, 5.74) is 6.37. The van der Waals surface area contributed by atoms with Gasteiger partial charge in [0, 0.05) is 13.2 Å². The fraction of sp³-hybridized carbons (Fsp3) is 1.00. The SMILES string of the molecule is CC(C)(C)CCOCCCCC(C)(C)CN. The van der Waals surface area contributed by atoms with Crippen molar-refractivity contribution in [1.29, 1.82) is 0 Å². The van der Waals surface area contributed by atoms with Crippen molar-refractivity contribution in [3.63, 3.8) is 0 Å². The van der Waals surface area contributed by atoms with Crippen LogP contribution in [0.2, 0.25) is 0 Å². The molecule has 0 heterocycles. The molecule has 0 bridgehead atoms. The lowest BCUT2D eigenvalue weighted by Crippen LogP contribution is -2.23. The minimum Gasteiger partial charge on any atom is -0.381 e. The van der Waals surface area contributed by atoms with Gasteiger partial charge in [0.2, 0.25) is 0 Å². The normalized spacial score (nSPS) is 13.1. The van der Waals surface area contributed by atoms with Crippen LogP contribution in [-0.4, -0.2) is 19.8 Å². The van der Waals surface area contributed by atoms with E-state index in [1.807, 2.05) is 0 Å². The molecule has 0 fully saturated rings. The third-order valence-corrected chi connectivity index (χ3v) is 2.94. The lowest BCUT2D eigenvalue weighted by Gasteiger charge is -2.22. The first-order valence-electron chi connectivity index (χ1n) is 6.55. The van der Waals surface area contributed by atoms with Gasteiger partial charge in [0.1, 0.15) is 0 Å². The van der Waals surface area contributed by atoms with Crippen LogP contribution in [0.25, 0.3) is 0 Å². The zero-order valence-electron chi connectivity index (χ0n) is 11.9. The molecule has 2 nitrogen and oxygen atoms in total. The molecular formula is C14H31NO. The van der Waals surface area contributed by atoms with Crippen LogP contribution in [0, 0.1) is 10.8 Å². The minimum absolute atomic E-state index is 0.297. The summed E-state index contributed by atoms with van der Waals surface area (Å²) in [6.45, 7) is 13.8. The van der Waals surface area contributed by atoms with E-state index in [2.05, 4.69) is 34.6 Å². The largest absolute Gasteiger partial charge is 0.381 e. The fourth-order valence-corrected chi connectivity index (χ4v) is 1.39. The van der Waals surface area contributed by atoms with Gasteiger partial charge in [-0.15, -0.1) is 0 Å². The van der Waals surface area contributed by atoms with Crippen LogP contribution < -0.4 is 5.73 Å². The first-order valence-corrected chi connectivity index (χ1v) is 6.55. The molecule has 0 saturated heterocycles. The maximum absolute atomic E-state index is 5.69. The molecule has 0 aromatic carbocycles. The van der Waals surface area contributed by atoms with Crippen molar-refractivity contribution in [1.82, 2.24) is 0 Å². The second-order valence-corrected chi connectivity index (χ2v) is 6.75. The van der Waals surface area contributed by atoms with E-state index in [0.717, 1.165) is 32.6 Å². The number of hydrogen-bond acceptors (Lipinski definition) is 2. The van der Waals surface area contributed by atoms with E-state index in [9.17, 15) is 0 Å². The highest BCUT2D eigenvalue weighted by Crippen LogP contribution is 2.21. The quantitative estimate of drug-likeness (QED) is 0.646. The fourth-order valence-electron chi connectivity index (χ4n) is 1.39. The smallest absolute Gasteiger partial charge is 0.0471 e. The average molecular weight is 229 g/mol. The Hall–Kier alpha value is -0.0800. The minimum atomic E-state index is 0.297. The van der Waals surface area contributed by atoms with Crippen LogP contribution in [-0.2, 0) is 4.74 Å². The monoisotopic (exact) mass is 229 g/mol. The molecule has 0 rings (SSSR count). The van der Waals surface area contributed by atoms with E-state index in [1.54, 1.807) is 0 Å². The maximum atomic E-state index is 5.69. The zero-order valence-corrected chi connectivity index (χ0v) is 11.9. The summed E-state index contributed by atoms with van der Waals surface area (Å²) >= 11 is 0. The van der Waals surface area contributed by atoms with Crippen molar-refractivity contribution in [3.8, 4) is 0 Å². The Morgan fingerprint density at radius 1 is 0.875 bits per heavy atom. The van der Waals surface area contributed by atoms with E-state index in [0.29, 0.717) is 10.8 Å². The summed E-state index contributed by atoms with van der Waals surface area (Å²) in [7, 11) is 0. The van der Waals surface area contributed by atoms with Gasteiger partial charge in [-0.05, 0) is 36.6 Å². The van der Waals surface area contributed by atoms with Gasteiger partial charge in [0.25, 0.3) is 0 Å². The van der Waals surface area contributed by atoms with Crippen LogP contribution in [0.1, 0.15) is 60.3 Å². The Morgan fingerprint density at radius 3 is 2.00 bits per heavy atom. The summed E-state index contributed by atoms with van der Waals surface area (Å²) in [6, 6.07) is 0. The topological polar surface area (TPSA) is 35.2 Å². The lowest BCUT2D eigenvalue weighted by atomic mass is 9.87. The van der Waals surface area contributed by atoms with Crippen molar-refractivity contribution < 1.29 is 4.74 Å². The van der Waals surface area contributed by atoms with Crippen molar-refractivity contribution >= 4 is 0 Å². The molecule has 0 aliphatic heterocycles. The molecule has 2 N–H and O–H groups in total. The van der Waals surface area contributed by atoms with Crippen molar-refractivity contribution in [2.24, 2.45) is 16.6 Å². The van der Waals surface area contributed by atoms with Gasteiger partial charge in [0.15, 0.2) is 0 Å². The predicted octanol–water partition coefficient (Wildman–Crippen LogP) is 3.59. The predicted molar refractivity (Wildman–Crippen MR) is 71.6 cm³/mol. The molecule has 0 saturated carbocycles. The highest BCUT2D eigenvalue weighted by Gasteiger charge is 2.14. The average Bonchev–Trinajstić information content (AvgIpc) is 2.14. The zero-order chi connectivity index (χ0) is 12.7. The third-order valence-electron chi connectivity index (χ3n) is 2.94. The van der Waals surface area contributed by atoms with Crippen molar-refractivity contribution in [2.75, 3.05) is 19.8 Å². The Bertz CT molecular complexity index is 170. The number of ether oxygens (including phenoxy) is 1. The van der Waals surface area contributed by atoms with Crippen LogP contribution >= 0.6 is 0 Å². The van der Waals surface area contributed by atoms with Gasteiger partial charge in [0.05, 0.1) is 0 Å². The molecule has 0 unspecified atom stereocenters. The van der Waals surface area contributed by atoms with E-state index < -0.39 is 0 Å². The molecule has 98 valence electrons. The molecule has 16 heavy (non-hydrogen) atoms. The molecule has 0 spiro atoms. The van der Waals surface area contributed by atoms with E-state index >= 15 is 0 Å². The summed E-state index contributed by atoms with van der Waals surface area (Å²) in [5.74, 6) is 0. The molecule has 0 aliphatic rings. The number of hydrogen-bond donors (Lipinski definition) is 1. The summed E-state index contributed by atoms with van der Waals surface area (Å²) < 4.78 is 5.63. The number of rotatable bonds is 8. The first kappa shape index (κ1) is 15.9. The molecule has 0 aliphatic carbocycles. The molecule has 0 atom stereocenters. The first-order chi connectivity index (χ1) is 7.27. The second kappa shape index (κ2) is 7.29. The van der Waals surface area contributed by atoms with E-state index in [-0.39, 0.29) is 0 Å². The Labute approximate surface area is 102 Å². The van der Waals surface area contributed by atoms with Gasteiger partial charge < -0.3 is 10.5 Å². The molecule has 0 radical (unpaired) electrons. The molecule has 0 aromatic rings. The molecule has 0 aromatic heterocycles. The van der Waals surface area contributed by atoms with Crippen molar-refractivity contribution in [3.05, 3.63) is 0 Å². The van der Waals surface area contributed by atoms with Gasteiger partial charge >= 0.3 is 0 Å². The number of unbranched alkanes of at least 4 members (excludes halogenated alkanes) is 1. The Kier molecular flexibility index (Phi) is 7.25. The van der Waals surface area contributed by atoms with Crippen LogP contribution in [0.5, 0.6) is 0 Å². The summed E-state index contributed by atoms with van der Waals surface area (Å²) in [5, 5.41) is 0. The van der Waals surface area contributed by atoms with Gasteiger partial charge in [-0.1, -0.05) is 41.0 Å². The van der Waals surface area contributed by atoms with Gasteiger partial charge in [-0.3, -0.25) is 0 Å². The highest BCUT2D eigenvalue weighted by molar-refractivity contribution is 4.68. The Balaban J connectivity index is 3.29. The molecule has 2 heteroatoms. The van der Waals surface area contributed by atoms with Crippen molar-refractivity contribution in [2.45, 2.75) is 60.3 Å². The van der Waals surface area contributed by atoms with Gasteiger partial charge in [-0.2, -0.15) is 0 Å². The van der Waals surface area contributed by atoms with E-state index in [4.69, 9.17) is 10.5 Å². The molecule has 0 amide bonds. The lowest BCUT2D eigenvalue weighted by molar-refractivity contribution is 0.103. The maximum Gasteiger partial charge on any atom is 0.0471 e. The van der Waals surface area contributed by atoms with E-state index in [1.165, 1.54) is 12.8 Å². The van der Waals surface area contributed by atoms with Crippen LogP contribution in [0.3, 0.4) is 0 Å². The molecular weight excluding hydrogens is 198 g/mol.